The Morgan fingerprint density at radius 1 is 1.25 bits per heavy atom. The van der Waals surface area contributed by atoms with E-state index >= 15 is 0 Å². The summed E-state index contributed by atoms with van der Waals surface area (Å²) < 4.78 is 28.6. The van der Waals surface area contributed by atoms with E-state index in [0.29, 0.717) is 26.1 Å². The van der Waals surface area contributed by atoms with Crippen molar-refractivity contribution >= 4 is 17.4 Å². The highest BCUT2D eigenvalue weighted by Gasteiger charge is 2.20. The van der Waals surface area contributed by atoms with Crippen LogP contribution in [0.4, 0.5) is 25.0 Å². The van der Waals surface area contributed by atoms with Crippen LogP contribution in [0.25, 0.3) is 0 Å². The quantitative estimate of drug-likeness (QED) is 0.745. The Labute approximate surface area is 141 Å². The highest BCUT2D eigenvalue weighted by molar-refractivity contribution is 5.89. The summed E-state index contributed by atoms with van der Waals surface area (Å²) in [7, 11) is 0. The van der Waals surface area contributed by atoms with Gasteiger partial charge in [-0.05, 0) is 43.7 Å². The maximum atomic E-state index is 14.3. The molecule has 7 heteroatoms. The van der Waals surface area contributed by atoms with Gasteiger partial charge in [0.25, 0.3) is 0 Å². The number of aliphatic hydroxyl groups is 1. The van der Waals surface area contributed by atoms with Gasteiger partial charge in [-0.2, -0.15) is 0 Å². The number of hydrogen-bond donors (Lipinski definition) is 3. The molecule has 2 amide bonds. The van der Waals surface area contributed by atoms with Gasteiger partial charge in [0, 0.05) is 31.9 Å². The zero-order valence-corrected chi connectivity index (χ0v) is 13.9. The standard InChI is InChI=1S/C17H25F2N3O2/c1-12(5-8-23)11-20-17(24)21-13-9-14(18)16(15(19)10-13)22-6-3-2-4-7-22/h9-10,12,23H,2-8,11H2,1H3,(H2,20,21,24). The van der Waals surface area contributed by atoms with Gasteiger partial charge >= 0.3 is 6.03 Å². The minimum absolute atomic E-state index is 0.0165. The summed E-state index contributed by atoms with van der Waals surface area (Å²) >= 11 is 0. The van der Waals surface area contributed by atoms with Crippen molar-refractivity contribution in [1.29, 1.82) is 0 Å². The van der Waals surface area contributed by atoms with Crippen LogP contribution in [0.3, 0.4) is 0 Å². The fraction of sp³-hybridized carbons (Fsp3) is 0.588. The van der Waals surface area contributed by atoms with Crippen molar-refractivity contribution < 1.29 is 18.7 Å². The molecular formula is C17H25F2N3O2. The second-order valence-corrected chi connectivity index (χ2v) is 6.29. The van der Waals surface area contributed by atoms with Gasteiger partial charge in [0.2, 0.25) is 0 Å². The number of carbonyl (C=O) groups is 1. The van der Waals surface area contributed by atoms with Gasteiger partial charge in [0.05, 0.1) is 0 Å². The highest BCUT2D eigenvalue weighted by Crippen LogP contribution is 2.29. The van der Waals surface area contributed by atoms with Gasteiger partial charge in [-0.1, -0.05) is 6.92 Å². The Kier molecular flexibility index (Phi) is 6.78. The summed E-state index contributed by atoms with van der Waals surface area (Å²) in [5, 5.41) is 13.9. The number of rotatable bonds is 6. The van der Waals surface area contributed by atoms with Gasteiger partial charge in [-0.25, -0.2) is 13.6 Å². The lowest BCUT2D eigenvalue weighted by atomic mass is 10.1. The number of hydrogen-bond acceptors (Lipinski definition) is 3. The van der Waals surface area contributed by atoms with Crippen LogP contribution in [0.1, 0.15) is 32.6 Å². The molecular weight excluding hydrogens is 316 g/mol. The Bertz CT molecular complexity index is 540. The summed E-state index contributed by atoms with van der Waals surface area (Å²) in [6, 6.07) is 1.76. The average Bonchev–Trinajstić information content (AvgIpc) is 2.53. The van der Waals surface area contributed by atoms with E-state index < -0.39 is 17.7 Å². The van der Waals surface area contributed by atoms with E-state index in [-0.39, 0.29) is 23.9 Å². The molecule has 0 radical (unpaired) electrons. The third-order valence-corrected chi connectivity index (χ3v) is 4.18. The van der Waals surface area contributed by atoms with Crippen molar-refractivity contribution in [3.63, 3.8) is 0 Å². The zero-order chi connectivity index (χ0) is 17.5. The summed E-state index contributed by atoms with van der Waals surface area (Å²) in [4.78, 5) is 13.5. The van der Waals surface area contributed by atoms with Crippen LogP contribution in [0.15, 0.2) is 12.1 Å². The van der Waals surface area contributed by atoms with Crippen molar-refractivity contribution in [2.75, 3.05) is 36.5 Å². The molecule has 1 aliphatic heterocycles. The van der Waals surface area contributed by atoms with Crippen molar-refractivity contribution in [3.8, 4) is 0 Å². The number of urea groups is 1. The molecule has 5 nitrogen and oxygen atoms in total. The monoisotopic (exact) mass is 341 g/mol. The molecule has 1 atom stereocenters. The number of benzene rings is 1. The first-order valence-corrected chi connectivity index (χ1v) is 8.41. The Morgan fingerprint density at radius 2 is 1.88 bits per heavy atom. The van der Waals surface area contributed by atoms with Crippen molar-refractivity contribution in [2.45, 2.75) is 32.6 Å². The van der Waals surface area contributed by atoms with Gasteiger partial charge < -0.3 is 20.6 Å². The third-order valence-electron chi connectivity index (χ3n) is 4.18. The Balaban J connectivity index is 1.97. The molecule has 1 unspecified atom stereocenters. The number of halogens is 2. The molecule has 0 saturated carbocycles. The molecule has 0 bridgehead atoms. The molecule has 24 heavy (non-hydrogen) atoms. The van der Waals surface area contributed by atoms with Crippen LogP contribution in [0.2, 0.25) is 0 Å². The van der Waals surface area contributed by atoms with Crippen LogP contribution >= 0.6 is 0 Å². The smallest absolute Gasteiger partial charge is 0.319 e. The van der Waals surface area contributed by atoms with Crippen molar-refractivity contribution in [3.05, 3.63) is 23.8 Å². The fourth-order valence-corrected chi connectivity index (χ4v) is 2.82. The maximum absolute atomic E-state index is 14.3. The van der Waals surface area contributed by atoms with Gasteiger partial charge in [0.15, 0.2) is 11.6 Å². The largest absolute Gasteiger partial charge is 0.396 e. The molecule has 0 aliphatic carbocycles. The van der Waals surface area contributed by atoms with Crippen molar-refractivity contribution in [2.24, 2.45) is 5.92 Å². The second kappa shape index (κ2) is 8.82. The first-order chi connectivity index (χ1) is 11.5. The first kappa shape index (κ1) is 18.4. The number of amides is 2. The van der Waals surface area contributed by atoms with E-state index in [0.717, 1.165) is 31.4 Å². The van der Waals surface area contributed by atoms with E-state index in [1.165, 1.54) is 0 Å². The molecule has 0 spiro atoms. The van der Waals surface area contributed by atoms with Crippen molar-refractivity contribution in [1.82, 2.24) is 5.32 Å². The van der Waals surface area contributed by atoms with E-state index in [9.17, 15) is 13.6 Å². The minimum atomic E-state index is -0.666. The summed E-state index contributed by atoms with van der Waals surface area (Å²) in [6.07, 6.45) is 3.50. The van der Waals surface area contributed by atoms with Gasteiger partial charge in [-0.3, -0.25) is 0 Å². The SMILES string of the molecule is CC(CCO)CNC(=O)Nc1cc(F)c(N2CCCCC2)c(F)c1. The average molecular weight is 341 g/mol. The summed E-state index contributed by atoms with van der Waals surface area (Å²) in [6.45, 7) is 3.61. The Morgan fingerprint density at radius 3 is 2.46 bits per heavy atom. The molecule has 2 rings (SSSR count). The number of piperidine rings is 1. The summed E-state index contributed by atoms with van der Waals surface area (Å²) in [5.74, 6) is -1.21. The number of aliphatic hydroxyl groups excluding tert-OH is 1. The predicted octanol–water partition coefficient (Wildman–Crippen LogP) is 3.10. The number of anilines is 2. The molecule has 1 fully saturated rings. The second-order valence-electron chi connectivity index (χ2n) is 6.29. The Hall–Kier alpha value is -1.89. The lowest BCUT2D eigenvalue weighted by Gasteiger charge is -2.29. The first-order valence-electron chi connectivity index (χ1n) is 8.41. The van der Waals surface area contributed by atoms with E-state index in [4.69, 9.17) is 5.11 Å². The maximum Gasteiger partial charge on any atom is 0.319 e. The number of nitrogens with zero attached hydrogens (tertiary/aromatic N) is 1. The molecule has 3 N–H and O–H groups in total. The van der Waals surface area contributed by atoms with E-state index in [1.54, 1.807) is 4.90 Å². The number of carbonyl (C=O) groups excluding carboxylic acids is 1. The molecule has 1 aromatic rings. The topological polar surface area (TPSA) is 64.6 Å². The van der Waals surface area contributed by atoms with Crippen LogP contribution in [-0.4, -0.2) is 37.4 Å². The van der Waals surface area contributed by atoms with Crippen LogP contribution in [0.5, 0.6) is 0 Å². The molecule has 1 heterocycles. The van der Waals surface area contributed by atoms with Crippen LogP contribution < -0.4 is 15.5 Å². The van der Waals surface area contributed by atoms with Crippen LogP contribution in [-0.2, 0) is 0 Å². The normalized spacial score (nSPS) is 15.9. The fourth-order valence-electron chi connectivity index (χ4n) is 2.82. The molecule has 1 saturated heterocycles. The highest BCUT2D eigenvalue weighted by atomic mass is 19.1. The van der Waals surface area contributed by atoms with E-state index in [2.05, 4.69) is 10.6 Å². The summed E-state index contributed by atoms with van der Waals surface area (Å²) in [5.41, 5.74) is 0.0651. The molecule has 1 aliphatic rings. The van der Waals surface area contributed by atoms with Gasteiger partial charge in [0.1, 0.15) is 5.69 Å². The molecule has 0 aromatic heterocycles. The lowest BCUT2D eigenvalue weighted by Crippen LogP contribution is -2.33. The van der Waals surface area contributed by atoms with Gasteiger partial charge in [-0.15, -0.1) is 0 Å². The number of nitrogens with one attached hydrogen (secondary N) is 2. The molecule has 134 valence electrons. The third kappa shape index (κ3) is 5.06. The lowest BCUT2D eigenvalue weighted by molar-refractivity contribution is 0.243. The molecule has 1 aromatic carbocycles. The predicted molar refractivity (Wildman–Crippen MR) is 90.3 cm³/mol. The zero-order valence-electron chi connectivity index (χ0n) is 13.9. The minimum Gasteiger partial charge on any atom is -0.396 e. The van der Waals surface area contributed by atoms with E-state index in [1.807, 2.05) is 6.92 Å². The van der Waals surface area contributed by atoms with Crippen LogP contribution in [0, 0.1) is 17.6 Å².